The van der Waals surface area contributed by atoms with Crippen molar-refractivity contribution in [3.05, 3.63) is 46.4 Å². The van der Waals surface area contributed by atoms with Gasteiger partial charge in [-0.05, 0) is 47.4 Å². The third kappa shape index (κ3) is 4.45. The molecule has 2 nitrogen and oxygen atoms in total. The minimum atomic E-state index is -0.0638. The molecule has 2 aromatic carbocycles. The molecular formula is C17H19BrClNO. The summed E-state index contributed by atoms with van der Waals surface area (Å²) < 4.78 is 1.03. The van der Waals surface area contributed by atoms with Crippen LogP contribution in [0.25, 0.3) is 10.8 Å². The van der Waals surface area contributed by atoms with E-state index in [4.69, 9.17) is 11.6 Å². The van der Waals surface area contributed by atoms with Crippen LogP contribution in [0.2, 0.25) is 0 Å². The van der Waals surface area contributed by atoms with Gasteiger partial charge in [0.15, 0.2) is 0 Å². The summed E-state index contributed by atoms with van der Waals surface area (Å²) in [4.78, 5) is 12.3. The topological polar surface area (TPSA) is 29.1 Å². The van der Waals surface area contributed by atoms with Crippen LogP contribution in [0.15, 0.2) is 40.9 Å². The van der Waals surface area contributed by atoms with Gasteiger partial charge in [-0.25, -0.2) is 0 Å². The van der Waals surface area contributed by atoms with Crippen molar-refractivity contribution >= 4 is 44.2 Å². The number of fused-ring (bicyclic) bond motifs is 1. The van der Waals surface area contributed by atoms with Crippen molar-refractivity contribution < 1.29 is 4.79 Å². The van der Waals surface area contributed by atoms with Crippen molar-refractivity contribution in [2.45, 2.75) is 26.3 Å². The summed E-state index contributed by atoms with van der Waals surface area (Å²) in [6.45, 7) is 4.25. The molecule has 21 heavy (non-hydrogen) atoms. The van der Waals surface area contributed by atoms with E-state index in [9.17, 15) is 4.79 Å². The summed E-state index contributed by atoms with van der Waals surface area (Å²) in [6, 6.07) is 11.8. The molecule has 1 atom stereocenters. The molecule has 0 fully saturated rings. The average molecular weight is 369 g/mol. The van der Waals surface area contributed by atoms with Gasteiger partial charge in [-0.3, -0.25) is 4.79 Å². The van der Waals surface area contributed by atoms with Crippen LogP contribution in [0, 0.1) is 5.92 Å². The smallest absolute Gasteiger partial charge is 0.251 e. The molecule has 0 saturated carbocycles. The first-order chi connectivity index (χ1) is 9.99. The third-order valence-corrected chi connectivity index (χ3v) is 4.21. The van der Waals surface area contributed by atoms with E-state index in [0.717, 1.165) is 21.7 Å². The minimum Gasteiger partial charge on any atom is -0.348 e. The first kappa shape index (κ1) is 16.3. The van der Waals surface area contributed by atoms with Gasteiger partial charge in [0.05, 0.1) is 0 Å². The summed E-state index contributed by atoms with van der Waals surface area (Å²) in [5, 5.41) is 5.17. The molecule has 4 heteroatoms. The highest BCUT2D eigenvalue weighted by atomic mass is 79.9. The lowest BCUT2D eigenvalue weighted by Crippen LogP contribution is -2.37. The van der Waals surface area contributed by atoms with Crippen molar-refractivity contribution in [2.24, 2.45) is 5.92 Å². The average Bonchev–Trinajstić information content (AvgIpc) is 2.45. The normalized spacial score (nSPS) is 12.6. The number of rotatable bonds is 5. The fraction of sp³-hybridized carbons (Fsp3) is 0.353. The molecule has 1 N–H and O–H groups in total. The number of amides is 1. The van der Waals surface area contributed by atoms with Crippen molar-refractivity contribution in [3.8, 4) is 0 Å². The van der Waals surface area contributed by atoms with E-state index < -0.39 is 0 Å². The second-order valence-electron chi connectivity index (χ2n) is 5.66. The lowest BCUT2D eigenvalue weighted by molar-refractivity contribution is 0.0937. The number of nitrogens with one attached hydrogen (secondary N) is 1. The first-order valence-corrected chi connectivity index (χ1v) is 8.38. The van der Waals surface area contributed by atoms with E-state index >= 15 is 0 Å². The van der Waals surface area contributed by atoms with Crippen molar-refractivity contribution in [1.29, 1.82) is 0 Å². The molecule has 0 bridgehead atoms. The van der Waals surface area contributed by atoms with Gasteiger partial charge >= 0.3 is 0 Å². The van der Waals surface area contributed by atoms with Gasteiger partial charge in [0.25, 0.3) is 5.91 Å². The Kier molecular flexibility index (Phi) is 5.65. The van der Waals surface area contributed by atoms with Crippen molar-refractivity contribution in [3.63, 3.8) is 0 Å². The standard InChI is InChI=1S/C17H19BrClNO/c1-11(2)7-16(10-19)20-17(21)14-4-3-13-9-15(18)6-5-12(13)8-14/h3-6,8-9,11,16H,7,10H2,1-2H3,(H,20,21). The van der Waals surface area contributed by atoms with Gasteiger partial charge in [0, 0.05) is 22.0 Å². The second-order valence-corrected chi connectivity index (χ2v) is 6.88. The maximum absolute atomic E-state index is 12.3. The van der Waals surface area contributed by atoms with Gasteiger partial charge < -0.3 is 5.32 Å². The Morgan fingerprint density at radius 1 is 1.19 bits per heavy atom. The monoisotopic (exact) mass is 367 g/mol. The van der Waals surface area contributed by atoms with Crippen LogP contribution >= 0.6 is 27.5 Å². The summed E-state index contributed by atoms with van der Waals surface area (Å²) in [5.41, 5.74) is 0.670. The minimum absolute atomic E-state index is 0.0137. The van der Waals surface area contributed by atoms with Crippen LogP contribution in [-0.4, -0.2) is 17.8 Å². The molecule has 1 unspecified atom stereocenters. The predicted molar refractivity (Wildman–Crippen MR) is 93.1 cm³/mol. The zero-order valence-corrected chi connectivity index (χ0v) is 14.5. The summed E-state index contributed by atoms with van der Waals surface area (Å²) in [5.74, 6) is 0.874. The van der Waals surface area contributed by atoms with E-state index in [1.54, 1.807) is 0 Å². The van der Waals surface area contributed by atoms with E-state index in [1.165, 1.54) is 0 Å². The molecule has 0 heterocycles. The Labute approximate surface area is 139 Å². The Hall–Kier alpha value is -1.06. The van der Waals surface area contributed by atoms with Crippen molar-refractivity contribution in [1.82, 2.24) is 5.32 Å². The van der Waals surface area contributed by atoms with Crippen LogP contribution in [0.4, 0.5) is 0 Å². The largest absolute Gasteiger partial charge is 0.348 e. The molecule has 0 aliphatic rings. The zero-order chi connectivity index (χ0) is 15.4. The molecular weight excluding hydrogens is 350 g/mol. The maximum atomic E-state index is 12.3. The summed E-state index contributed by atoms with van der Waals surface area (Å²) in [7, 11) is 0. The zero-order valence-electron chi connectivity index (χ0n) is 12.2. The SMILES string of the molecule is CC(C)CC(CCl)NC(=O)c1ccc2cc(Br)ccc2c1. The van der Waals surface area contributed by atoms with Gasteiger partial charge in [-0.2, -0.15) is 0 Å². The number of hydrogen-bond donors (Lipinski definition) is 1. The van der Waals surface area contributed by atoms with E-state index in [1.807, 2.05) is 36.4 Å². The van der Waals surface area contributed by atoms with Crippen LogP contribution in [-0.2, 0) is 0 Å². The molecule has 112 valence electrons. The molecule has 1 amide bonds. The molecule has 0 aliphatic carbocycles. The van der Waals surface area contributed by atoms with Crippen LogP contribution in [0.1, 0.15) is 30.6 Å². The molecule has 0 aromatic heterocycles. The number of hydrogen-bond acceptors (Lipinski definition) is 1. The Morgan fingerprint density at radius 3 is 2.52 bits per heavy atom. The predicted octanol–water partition coefficient (Wildman–Crippen LogP) is 4.99. The summed E-state index contributed by atoms with van der Waals surface area (Å²) in [6.07, 6.45) is 0.885. The maximum Gasteiger partial charge on any atom is 0.251 e. The molecule has 0 aliphatic heterocycles. The Bertz CT molecular complexity index is 642. The first-order valence-electron chi connectivity index (χ1n) is 7.05. The number of carbonyl (C=O) groups excluding carboxylic acids is 1. The second kappa shape index (κ2) is 7.28. The fourth-order valence-corrected chi connectivity index (χ4v) is 2.94. The Balaban J connectivity index is 2.17. The summed E-state index contributed by atoms with van der Waals surface area (Å²) >= 11 is 9.39. The van der Waals surface area contributed by atoms with E-state index in [0.29, 0.717) is 17.4 Å². The lowest BCUT2D eigenvalue weighted by atomic mass is 10.0. The lowest BCUT2D eigenvalue weighted by Gasteiger charge is -2.18. The van der Waals surface area contributed by atoms with Gasteiger partial charge in [-0.15, -0.1) is 11.6 Å². The van der Waals surface area contributed by atoms with Crippen molar-refractivity contribution in [2.75, 3.05) is 5.88 Å². The Morgan fingerprint density at radius 2 is 1.86 bits per heavy atom. The highest BCUT2D eigenvalue weighted by Crippen LogP contribution is 2.21. The van der Waals surface area contributed by atoms with Crippen LogP contribution < -0.4 is 5.32 Å². The number of carbonyl (C=O) groups is 1. The molecule has 2 rings (SSSR count). The fourth-order valence-electron chi connectivity index (χ4n) is 2.36. The van der Waals surface area contributed by atoms with Crippen LogP contribution in [0.3, 0.4) is 0 Å². The van der Waals surface area contributed by atoms with Gasteiger partial charge in [-0.1, -0.05) is 41.9 Å². The van der Waals surface area contributed by atoms with Crippen LogP contribution in [0.5, 0.6) is 0 Å². The number of halogens is 2. The molecule has 0 saturated heterocycles. The van der Waals surface area contributed by atoms with E-state index in [2.05, 4.69) is 35.1 Å². The number of alkyl halides is 1. The molecule has 0 spiro atoms. The highest BCUT2D eigenvalue weighted by Gasteiger charge is 2.14. The molecule has 0 radical (unpaired) electrons. The quantitative estimate of drug-likeness (QED) is 0.740. The number of benzene rings is 2. The third-order valence-electron chi connectivity index (χ3n) is 3.34. The van der Waals surface area contributed by atoms with Gasteiger partial charge in [0.2, 0.25) is 0 Å². The van der Waals surface area contributed by atoms with E-state index in [-0.39, 0.29) is 11.9 Å². The highest BCUT2D eigenvalue weighted by molar-refractivity contribution is 9.10. The van der Waals surface area contributed by atoms with Gasteiger partial charge in [0.1, 0.15) is 0 Å². The molecule has 2 aromatic rings.